The molecule has 26 heavy (non-hydrogen) atoms. The number of aryl methyl sites for hydroxylation is 1. The highest BCUT2D eigenvalue weighted by molar-refractivity contribution is 6.06. The van der Waals surface area contributed by atoms with E-state index in [1.165, 1.54) is 0 Å². The van der Waals surface area contributed by atoms with Gasteiger partial charge in [-0.3, -0.25) is 14.3 Å². The Kier molecular flexibility index (Phi) is 6.02. The van der Waals surface area contributed by atoms with Gasteiger partial charge in [0.15, 0.2) is 5.69 Å². The van der Waals surface area contributed by atoms with E-state index < -0.39 is 23.3 Å². The van der Waals surface area contributed by atoms with E-state index in [2.05, 4.69) is 10.4 Å². The molecule has 0 radical (unpaired) electrons. The Morgan fingerprint density at radius 2 is 1.96 bits per heavy atom. The number of carbonyl (C=O) groups excluding carboxylic acids is 2. The van der Waals surface area contributed by atoms with E-state index in [4.69, 9.17) is 5.73 Å². The third-order valence-electron chi connectivity index (χ3n) is 4.29. The number of para-hydroxylation sites is 1. The molecule has 142 valence electrons. The van der Waals surface area contributed by atoms with Crippen molar-refractivity contribution in [1.82, 2.24) is 15.1 Å². The van der Waals surface area contributed by atoms with Gasteiger partial charge >= 0.3 is 0 Å². The van der Waals surface area contributed by atoms with Gasteiger partial charge in [0.25, 0.3) is 5.91 Å². The van der Waals surface area contributed by atoms with Crippen LogP contribution in [0.25, 0.3) is 10.9 Å². The molecule has 0 fully saturated rings. The summed E-state index contributed by atoms with van der Waals surface area (Å²) in [4.78, 5) is 24.5. The Hall–Kier alpha value is -2.41. The van der Waals surface area contributed by atoms with Crippen LogP contribution in [0.15, 0.2) is 24.3 Å². The molecular formula is C19H28N4O3. The number of primary amides is 1. The van der Waals surface area contributed by atoms with Crippen molar-refractivity contribution in [3.05, 3.63) is 30.0 Å². The molecule has 0 aliphatic rings. The molecule has 0 unspecified atom stereocenters. The predicted octanol–water partition coefficient (Wildman–Crippen LogP) is 1.83. The fourth-order valence-electron chi connectivity index (χ4n) is 2.92. The van der Waals surface area contributed by atoms with Gasteiger partial charge in [0.2, 0.25) is 5.91 Å². The fraction of sp³-hybridized carbons (Fsp3) is 0.526. The van der Waals surface area contributed by atoms with Crippen LogP contribution in [0, 0.1) is 5.41 Å². The summed E-state index contributed by atoms with van der Waals surface area (Å²) < 4.78 is 1.77. The highest BCUT2D eigenvalue weighted by atomic mass is 16.3. The summed E-state index contributed by atoms with van der Waals surface area (Å²) in [5.74, 6) is -0.999. The van der Waals surface area contributed by atoms with E-state index in [-0.39, 0.29) is 11.8 Å². The Bertz CT molecular complexity index is 790. The number of amides is 2. The minimum absolute atomic E-state index is 0.271. The number of carbonyl (C=O) groups is 2. The number of nitrogens with two attached hydrogens (primary N) is 1. The van der Waals surface area contributed by atoms with Gasteiger partial charge in [-0.25, -0.2) is 0 Å². The van der Waals surface area contributed by atoms with Gasteiger partial charge in [0, 0.05) is 11.9 Å². The van der Waals surface area contributed by atoms with Gasteiger partial charge in [-0.05, 0) is 31.2 Å². The average molecular weight is 360 g/mol. The smallest absolute Gasteiger partial charge is 0.273 e. The Morgan fingerprint density at radius 3 is 2.54 bits per heavy atom. The second-order valence-electron chi connectivity index (χ2n) is 7.76. The molecule has 0 spiro atoms. The van der Waals surface area contributed by atoms with Crippen LogP contribution in [-0.4, -0.2) is 38.8 Å². The highest BCUT2D eigenvalue weighted by Gasteiger charge is 2.32. The Labute approximate surface area is 153 Å². The summed E-state index contributed by atoms with van der Waals surface area (Å²) in [6, 6.07) is 6.67. The lowest BCUT2D eigenvalue weighted by Gasteiger charge is -2.28. The van der Waals surface area contributed by atoms with Crippen molar-refractivity contribution in [2.75, 3.05) is 0 Å². The fourth-order valence-corrected chi connectivity index (χ4v) is 2.92. The minimum Gasteiger partial charge on any atom is -0.393 e. The van der Waals surface area contributed by atoms with Gasteiger partial charge in [0.05, 0.1) is 11.6 Å². The van der Waals surface area contributed by atoms with Crippen molar-refractivity contribution in [2.24, 2.45) is 11.1 Å². The standard InChI is InChI=1S/C19H28N4O3/c1-12(24)8-7-11-23-14-10-6-5-9-13(14)15(22-23)18(26)21-16(17(20)25)19(2,3)4/h5-6,9-10,12,16,24H,7-8,11H2,1-4H3,(H2,20,25)(H,21,26)/t12-,16-/m1/s1. The molecule has 2 amide bonds. The summed E-state index contributed by atoms with van der Waals surface area (Å²) in [7, 11) is 0. The van der Waals surface area contributed by atoms with Crippen LogP contribution in [0.4, 0.5) is 0 Å². The first-order valence-electron chi connectivity index (χ1n) is 8.85. The van der Waals surface area contributed by atoms with Crippen LogP contribution in [0.3, 0.4) is 0 Å². The second-order valence-corrected chi connectivity index (χ2v) is 7.76. The molecule has 1 aromatic carbocycles. The number of fused-ring (bicyclic) bond motifs is 1. The highest BCUT2D eigenvalue weighted by Crippen LogP contribution is 2.22. The van der Waals surface area contributed by atoms with Gasteiger partial charge in [-0.15, -0.1) is 0 Å². The number of nitrogens with one attached hydrogen (secondary N) is 1. The first-order valence-corrected chi connectivity index (χ1v) is 8.85. The molecule has 2 aromatic rings. The molecule has 7 heteroatoms. The van der Waals surface area contributed by atoms with Crippen LogP contribution >= 0.6 is 0 Å². The van der Waals surface area contributed by atoms with Crippen molar-refractivity contribution in [3.63, 3.8) is 0 Å². The lowest BCUT2D eigenvalue weighted by atomic mass is 9.86. The molecule has 2 rings (SSSR count). The van der Waals surface area contributed by atoms with Crippen LogP contribution in [0.1, 0.15) is 51.0 Å². The SMILES string of the molecule is C[C@@H](O)CCCn1nc(C(=O)N[C@H](C(N)=O)C(C)(C)C)c2ccccc21. The van der Waals surface area contributed by atoms with Gasteiger partial charge in [-0.1, -0.05) is 39.0 Å². The predicted molar refractivity (Wildman–Crippen MR) is 101 cm³/mol. The Morgan fingerprint density at radius 1 is 1.31 bits per heavy atom. The lowest BCUT2D eigenvalue weighted by molar-refractivity contribution is -0.122. The van der Waals surface area contributed by atoms with Gasteiger partial charge in [-0.2, -0.15) is 5.10 Å². The van der Waals surface area contributed by atoms with E-state index in [1.54, 1.807) is 11.6 Å². The summed E-state index contributed by atoms with van der Waals surface area (Å²) in [6.45, 7) is 7.87. The van der Waals surface area contributed by atoms with Gasteiger partial charge < -0.3 is 16.2 Å². The minimum atomic E-state index is -0.797. The largest absolute Gasteiger partial charge is 0.393 e. The zero-order chi connectivity index (χ0) is 19.5. The molecular weight excluding hydrogens is 332 g/mol. The Balaban J connectivity index is 2.31. The average Bonchev–Trinajstić information content (AvgIpc) is 2.90. The third kappa shape index (κ3) is 4.60. The lowest BCUT2D eigenvalue weighted by Crippen LogP contribution is -2.52. The van der Waals surface area contributed by atoms with Crippen molar-refractivity contribution in [1.29, 1.82) is 0 Å². The molecule has 0 aliphatic heterocycles. The van der Waals surface area contributed by atoms with Crippen molar-refractivity contribution < 1.29 is 14.7 Å². The monoisotopic (exact) mass is 360 g/mol. The summed E-state index contributed by atoms with van der Waals surface area (Å²) in [5.41, 5.74) is 6.07. The van der Waals surface area contributed by atoms with Crippen LogP contribution in [0.5, 0.6) is 0 Å². The first-order chi connectivity index (χ1) is 12.1. The van der Waals surface area contributed by atoms with Crippen molar-refractivity contribution in [2.45, 2.75) is 59.2 Å². The van der Waals surface area contributed by atoms with Crippen molar-refractivity contribution in [3.8, 4) is 0 Å². The number of hydrogen-bond donors (Lipinski definition) is 3. The number of aliphatic hydroxyl groups excluding tert-OH is 1. The van der Waals surface area contributed by atoms with E-state index in [1.807, 2.05) is 45.0 Å². The zero-order valence-corrected chi connectivity index (χ0v) is 15.8. The maximum atomic E-state index is 12.8. The van der Waals surface area contributed by atoms with E-state index >= 15 is 0 Å². The summed E-state index contributed by atoms with van der Waals surface area (Å²) >= 11 is 0. The first kappa shape index (κ1) is 19.9. The summed E-state index contributed by atoms with van der Waals surface area (Å²) in [6.07, 6.45) is 1.03. The van der Waals surface area contributed by atoms with E-state index in [9.17, 15) is 14.7 Å². The van der Waals surface area contributed by atoms with E-state index in [0.717, 1.165) is 17.3 Å². The van der Waals surface area contributed by atoms with E-state index in [0.29, 0.717) is 13.0 Å². The normalized spacial score (nSPS) is 14.2. The van der Waals surface area contributed by atoms with Crippen LogP contribution in [-0.2, 0) is 11.3 Å². The number of rotatable bonds is 7. The maximum absolute atomic E-state index is 12.8. The molecule has 4 N–H and O–H groups in total. The number of nitrogens with zero attached hydrogens (tertiary/aromatic N) is 2. The molecule has 0 bridgehead atoms. The molecule has 0 aliphatic carbocycles. The maximum Gasteiger partial charge on any atom is 0.273 e. The molecule has 1 aromatic heterocycles. The zero-order valence-electron chi connectivity index (χ0n) is 15.8. The number of hydrogen-bond acceptors (Lipinski definition) is 4. The third-order valence-corrected chi connectivity index (χ3v) is 4.29. The quantitative estimate of drug-likeness (QED) is 0.699. The second kappa shape index (κ2) is 7.86. The molecule has 1 heterocycles. The molecule has 2 atom stereocenters. The molecule has 0 saturated carbocycles. The molecule has 0 saturated heterocycles. The molecule has 7 nitrogen and oxygen atoms in total. The van der Waals surface area contributed by atoms with Gasteiger partial charge in [0.1, 0.15) is 6.04 Å². The summed E-state index contributed by atoms with van der Waals surface area (Å²) in [5, 5.41) is 17.3. The number of benzene rings is 1. The van der Waals surface area contributed by atoms with Crippen LogP contribution < -0.4 is 11.1 Å². The topological polar surface area (TPSA) is 110 Å². The number of aliphatic hydroxyl groups is 1. The number of aromatic nitrogens is 2. The van der Waals surface area contributed by atoms with Crippen molar-refractivity contribution >= 4 is 22.7 Å². The van der Waals surface area contributed by atoms with Crippen LogP contribution in [0.2, 0.25) is 0 Å².